The largest absolute Gasteiger partial charge is 0.478 e. The van der Waals surface area contributed by atoms with Gasteiger partial charge in [0.2, 0.25) is 0 Å². The summed E-state index contributed by atoms with van der Waals surface area (Å²) in [6.45, 7) is 1.65. The minimum Gasteiger partial charge on any atom is -0.478 e. The fourth-order valence-electron chi connectivity index (χ4n) is 1.85. The van der Waals surface area contributed by atoms with Crippen LogP contribution in [0.4, 0.5) is 0 Å². The molecule has 2 heterocycles. The molecule has 0 amide bonds. The Morgan fingerprint density at radius 2 is 2.47 bits per heavy atom. The van der Waals surface area contributed by atoms with Crippen molar-refractivity contribution in [2.45, 2.75) is 12.8 Å². The number of piperidine rings is 1. The number of nitrogens with one attached hydrogen (secondary N) is 1. The molecular weight excluding hydrogens is 220 g/mol. The van der Waals surface area contributed by atoms with Gasteiger partial charge in [-0.3, -0.25) is 4.79 Å². The van der Waals surface area contributed by atoms with Gasteiger partial charge in [-0.05, 0) is 31.5 Å². The molecule has 17 heavy (non-hydrogen) atoms. The molecule has 1 unspecified atom stereocenters. The molecule has 0 saturated carbocycles. The van der Waals surface area contributed by atoms with Crippen molar-refractivity contribution < 1.29 is 14.3 Å². The Kier molecular flexibility index (Phi) is 3.93. The second kappa shape index (κ2) is 5.63. The van der Waals surface area contributed by atoms with Crippen LogP contribution in [0.3, 0.4) is 0 Å². The van der Waals surface area contributed by atoms with Gasteiger partial charge in [-0.15, -0.1) is 0 Å². The highest BCUT2D eigenvalue weighted by molar-refractivity contribution is 5.76. The van der Waals surface area contributed by atoms with Crippen LogP contribution < -0.4 is 14.8 Å². The number of hydrogen-bond donors (Lipinski definition) is 1. The zero-order chi connectivity index (χ0) is 12.1. The zero-order valence-electron chi connectivity index (χ0n) is 9.81. The maximum atomic E-state index is 11.9. The van der Waals surface area contributed by atoms with E-state index >= 15 is 0 Å². The number of pyridine rings is 1. The summed E-state index contributed by atoms with van der Waals surface area (Å²) in [5.41, 5.74) is 0. The second-order valence-corrected chi connectivity index (χ2v) is 3.98. The van der Waals surface area contributed by atoms with E-state index in [4.69, 9.17) is 9.47 Å². The van der Waals surface area contributed by atoms with Crippen LogP contribution in [0.2, 0.25) is 0 Å². The topological polar surface area (TPSA) is 60.5 Å². The van der Waals surface area contributed by atoms with Crippen LogP contribution in [0.25, 0.3) is 0 Å². The van der Waals surface area contributed by atoms with Gasteiger partial charge in [-0.25, -0.2) is 4.98 Å². The molecule has 1 aliphatic rings. The summed E-state index contributed by atoms with van der Waals surface area (Å²) >= 11 is 0. The van der Waals surface area contributed by atoms with Crippen molar-refractivity contribution in [2.24, 2.45) is 5.92 Å². The van der Waals surface area contributed by atoms with Gasteiger partial charge in [-0.1, -0.05) is 0 Å². The minimum absolute atomic E-state index is 0.0753. The lowest BCUT2D eigenvalue weighted by Crippen LogP contribution is -2.36. The number of carbonyl (C=O) groups excluding carboxylic acids is 1. The molecule has 1 fully saturated rings. The van der Waals surface area contributed by atoms with Gasteiger partial charge >= 0.3 is 5.97 Å². The molecule has 1 atom stereocenters. The van der Waals surface area contributed by atoms with Gasteiger partial charge in [0.25, 0.3) is 5.88 Å². The average molecular weight is 236 g/mol. The van der Waals surface area contributed by atoms with E-state index in [9.17, 15) is 4.79 Å². The van der Waals surface area contributed by atoms with Crippen molar-refractivity contribution in [1.29, 1.82) is 0 Å². The molecule has 0 aromatic carbocycles. The van der Waals surface area contributed by atoms with Crippen molar-refractivity contribution in [3.8, 4) is 11.6 Å². The Labute approximate surface area is 100 Å². The lowest BCUT2D eigenvalue weighted by molar-refractivity contribution is -0.139. The van der Waals surface area contributed by atoms with Gasteiger partial charge < -0.3 is 14.8 Å². The molecular formula is C12H16N2O3. The number of ether oxygens (including phenoxy) is 2. The second-order valence-electron chi connectivity index (χ2n) is 3.98. The van der Waals surface area contributed by atoms with Crippen molar-refractivity contribution in [2.75, 3.05) is 20.2 Å². The fraction of sp³-hybridized carbons (Fsp3) is 0.500. The molecule has 92 valence electrons. The quantitative estimate of drug-likeness (QED) is 0.793. The molecule has 1 aliphatic heterocycles. The van der Waals surface area contributed by atoms with E-state index in [0.717, 1.165) is 19.4 Å². The first-order valence-corrected chi connectivity index (χ1v) is 5.72. The van der Waals surface area contributed by atoms with Crippen molar-refractivity contribution in [3.05, 3.63) is 18.3 Å². The van der Waals surface area contributed by atoms with Crippen LogP contribution in [-0.2, 0) is 4.79 Å². The number of esters is 1. The first-order chi connectivity index (χ1) is 8.31. The Balaban J connectivity index is 2.01. The van der Waals surface area contributed by atoms with Crippen molar-refractivity contribution >= 4 is 5.97 Å². The number of hydrogen-bond acceptors (Lipinski definition) is 5. The van der Waals surface area contributed by atoms with Crippen molar-refractivity contribution in [1.82, 2.24) is 10.3 Å². The predicted molar refractivity (Wildman–Crippen MR) is 62.0 cm³/mol. The third-order valence-corrected chi connectivity index (χ3v) is 2.77. The number of carbonyl (C=O) groups is 1. The lowest BCUT2D eigenvalue weighted by atomic mass is 10.0. The molecule has 5 nitrogen and oxygen atoms in total. The molecule has 1 N–H and O–H groups in total. The van der Waals surface area contributed by atoms with E-state index in [1.54, 1.807) is 18.3 Å². The molecule has 1 saturated heterocycles. The minimum atomic E-state index is -0.219. The Hall–Kier alpha value is -1.62. The molecule has 1 aromatic rings. The van der Waals surface area contributed by atoms with Crippen LogP contribution in [0.5, 0.6) is 11.6 Å². The highest BCUT2D eigenvalue weighted by Crippen LogP contribution is 2.24. The maximum Gasteiger partial charge on any atom is 0.315 e. The molecule has 0 bridgehead atoms. The fourth-order valence-corrected chi connectivity index (χ4v) is 1.85. The van der Waals surface area contributed by atoms with Gasteiger partial charge in [0.1, 0.15) is 0 Å². The van der Waals surface area contributed by atoms with E-state index in [0.29, 0.717) is 18.2 Å². The van der Waals surface area contributed by atoms with E-state index < -0.39 is 0 Å². The maximum absolute atomic E-state index is 11.9. The molecule has 0 spiro atoms. The number of aromatic nitrogens is 1. The van der Waals surface area contributed by atoms with Gasteiger partial charge in [-0.2, -0.15) is 0 Å². The van der Waals surface area contributed by atoms with Crippen LogP contribution in [0.15, 0.2) is 18.3 Å². The average Bonchev–Trinajstić information content (AvgIpc) is 2.40. The first kappa shape index (κ1) is 11.9. The van der Waals surface area contributed by atoms with Crippen LogP contribution in [0, 0.1) is 5.92 Å². The molecule has 0 radical (unpaired) electrons. The smallest absolute Gasteiger partial charge is 0.315 e. The summed E-state index contributed by atoms with van der Waals surface area (Å²) in [5, 5.41) is 3.18. The van der Waals surface area contributed by atoms with Crippen LogP contribution in [0.1, 0.15) is 12.8 Å². The molecule has 2 rings (SSSR count). The summed E-state index contributed by atoms with van der Waals surface area (Å²) in [5.74, 6) is 0.423. The highest BCUT2D eigenvalue weighted by Gasteiger charge is 2.23. The summed E-state index contributed by atoms with van der Waals surface area (Å²) in [6.07, 6.45) is 3.47. The third-order valence-electron chi connectivity index (χ3n) is 2.77. The van der Waals surface area contributed by atoms with Gasteiger partial charge in [0.15, 0.2) is 5.75 Å². The SMILES string of the molecule is COc1ncccc1OC(=O)C1CCCNC1. The van der Waals surface area contributed by atoms with Crippen molar-refractivity contribution in [3.63, 3.8) is 0 Å². The normalized spacial score (nSPS) is 19.7. The van der Waals surface area contributed by atoms with E-state index in [-0.39, 0.29) is 11.9 Å². The zero-order valence-corrected chi connectivity index (χ0v) is 9.81. The number of nitrogens with zero attached hydrogens (tertiary/aromatic N) is 1. The van der Waals surface area contributed by atoms with Gasteiger partial charge in [0.05, 0.1) is 13.0 Å². The van der Waals surface area contributed by atoms with E-state index in [1.165, 1.54) is 7.11 Å². The summed E-state index contributed by atoms with van der Waals surface area (Å²) in [6, 6.07) is 3.39. The molecule has 1 aromatic heterocycles. The van der Waals surface area contributed by atoms with Gasteiger partial charge in [0, 0.05) is 12.7 Å². The highest BCUT2D eigenvalue weighted by atomic mass is 16.6. The molecule has 0 aliphatic carbocycles. The predicted octanol–water partition coefficient (Wildman–Crippen LogP) is 0.995. The van der Waals surface area contributed by atoms with Crippen LogP contribution >= 0.6 is 0 Å². The third kappa shape index (κ3) is 2.94. The standard InChI is InChI=1S/C12H16N2O3/c1-16-11-10(5-3-7-14-11)17-12(15)9-4-2-6-13-8-9/h3,5,7,9,13H,2,4,6,8H2,1H3. The summed E-state index contributed by atoms with van der Waals surface area (Å²) in [4.78, 5) is 15.9. The Morgan fingerprint density at radius 1 is 1.59 bits per heavy atom. The van der Waals surface area contributed by atoms with E-state index in [1.807, 2.05) is 0 Å². The first-order valence-electron chi connectivity index (χ1n) is 5.72. The van der Waals surface area contributed by atoms with E-state index in [2.05, 4.69) is 10.3 Å². The summed E-state index contributed by atoms with van der Waals surface area (Å²) < 4.78 is 10.3. The number of methoxy groups -OCH3 is 1. The molecule has 5 heteroatoms. The lowest BCUT2D eigenvalue weighted by Gasteiger charge is -2.21. The Morgan fingerprint density at radius 3 is 3.18 bits per heavy atom. The monoisotopic (exact) mass is 236 g/mol. The number of rotatable bonds is 3. The summed E-state index contributed by atoms with van der Waals surface area (Å²) in [7, 11) is 1.50. The Bertz CT molecular complexity index is 389. The van der Waals surface area contributed by atoms with Crippen LogP contribution in [-0.4, -0.2) is 31.2 Å².